The van der Waals surface area contributed by atoms with Crippen molar-refractivity contribution in [1.29, 1.82) is 0 Å². The average molecular weight is 238 g/mol. The van der Waals surface area contributed by atoms with Crippen LogP contribution in [0.4, 0.5) is 13.2 Å². The molecule has 0 saturated heterocycles. The van der Waals surface area contributed by atoms with E-state index in [0.717, 1.165) is 16.3 Å². The van der Waals surface area contributed by atoms with Crippen LogP contribution in [0.2, 0.25) is 0 Å². The van der Waals surface area contributed by atoms with Crippen LogP contribution in [0.25, 0.3) is 0 Å². The van der Waals surface area contributed by atoms with Crippen molar-refractivity contribution in [2.45, 2.75) is 32.5 Å². The van der Waals surface area contributed by atoms with Crippen molar-refractivity contribution in [2.24, 2.45) is 0 Å². The number of rotatable bonds is 5. The van der Waals surface area contributed by atoms with Gasteiger partial charge < -0.3 is 5.32 Å². The first kappa shape index (κ1) is 12.4. The first-order chi connectivity index (χ1) is 7.01. The molecule has 6 heteroatoms. The molecular weight excluding hydrogens is 225 g/mol. The third-order valence-corrected chi connectivity index (χ3v) is 2.93. The molecule has 0 aliphatic rings. The summed E-state index contributed by atoms with van der Waals surface area (Å²) in [5.74, 6) is 0. The van der Waals surface area contributed by atoms with E-state index in [0.29, 0.717) is 6.54 Å². The van der Waals surface area contributed by atoms with E-state index in [2.05, 4.69) is 10.3 Å². The highest BCUT2D eigenvalue weighted by atomic mass is 32.1. The van der Waals surface area contributed by atoms with Crippen molar-refractivity contribution in [2.75, 3.05) is 6.54 Å². The average Bonchev–Trinajstić information content (AvgIpc) is 2.59. The fourth-order valence-corrected chi connectivity index (χ4v) is 1.87. The number of nitrogens with zero attached hydrogens (tertiary/aromatic N) is 1. The molecule has 0 atom stereocenters. The molecule has 86 valence electrons. The number of nitrogens with one attached hydrogen (secondary N) is 1. The largest absolute Gasteiger partial charge is 0.390 e. The standard InChI is InChI=1S/C9H13F3N2S/c1-2-8-14-6-7(15-8)5-13-4-3-9(10,11)12/h6,13H,2-5H2,1H3. The highest BCUT2D eigenvalue weighted by Crippen LogP contribution is 2.18. The summed E-state index contributed by atoms with van der Waals surface area (Å²) in [5, 5.41) is 3.76. The zero-order valence-corrected chi connectivity index (χ0v) is 9.21. The van der Waals surface area contributed by atoms with E-state index in [1.807, 2.05) is 6.92 Å². The molecule has 1 N–H and O–H groups in total. The number of aromatic nitrogens is 1. The Hall–Kier alpha value is -0.620. The van der Waals surface area contributed by atoms with Crippen molar-refractivity contribution >= 4 is 11.3 Å². The molecule has 0 fully saturated rings. The Morgan fingerprint density at radius 3 is 2.73 bits per heavy atom. The molecule has 0 radical (unpaired) electrons. The zero-order chi connectivity index (χ0) is 11.3. The molecule has 0 spiro atoms. The van der Waals surface area contributed by atoms with Gasteiger partial charge in [0.1, 0.15) is 0 Å². The van der Waals surface area contributed by atoms with Crippen LogP contribution >= 0.6 is 11.3 Å². The van der Waals surface area contributed by atoms with Crippen LogP contribution in [0.1, 0.15) is 23.2 Å². The van der Waals surface area contributed by atoms with Crippen molar-refractivity contribution in [1.82, 2.24) is 10.3 Å². The summed E-state index contributed by atoms with van der Waals surface area (Å²) < 4.78 is 35.4. The zero-order valence-electron chi connectivity index (χ0n) is 8.40. The van der Waals surface area contributed by atoms with Gasteiger partial charge in [0.2, 0.25) is 0 Å². The van der Waals surface area contributed by atoms with Gasteiger partial charge >= 0.3 is 6.18 Å². The predicted molar refractivity (Wildman–Crippen MR) is 53.9 cm³/mol. The molecule has 0 bridgehead atoms. The van der Waals surface area contributed by atoms with Crippen LogP contribution in [0, 0.1) is 0 Å². The van der Waals surface area contributed by atoms with E-state index in [4.69, 9.17) is 0 Å². The SMILES string of the molecule is CCc1ncc(CNCCC(F)(F)F)s1. The summed E-state index contributed by atoms with van der Waals surface area (Å²) in [6.45, 7) is 2.43. The molecule has 1 rings (SSSR count). The highest BCUT2D eigenvalue weighted by Gasteiger charge is 2.25. The number of hydrogen-bond donors (Lipinski definition) is 1. The van der Waals surface area contributed by atoms with Crippen molar-refractivity contribution in [3.8, 4) is 0 Å². The van der Waals surface area contributed by atoms with Gasteiger partial charge in [-0.3, -0.25) is 0 Å². The third-order valence-electron chi connectivity index (χ3n) is 1.79. The number of alkyl halides is 3. The Morgan fingerprint density at radius 1 is 1.47 bits per heavy atom. The molecule has 0 aliphatic heterocycles. The Labute approximate surface area is 90.5 Å². The maximum atomic E-state index is 11.8. The number of hydrogen-bond acceptors (Lipinski definition) is 3. The van der Waals surface area contributed by atoms with Crippen molar-refractivity contribution < 1.29 is 13.2 Å². The minimum Gasteiger partial charge on any atom is -0.311 e. The van der Waals surface area contributed by atoms with Gasteiger partial charge in [0.15, 0.2) is 0 Å². The molecule has 2 nitrogen and oxygen atoms in total. The van der Waals surface area contributed by atoms with Crippen molar-refractivity contribution in [3.63, 3.8) is 0 Å². The lowest BCUT2D eigenvalue weighted by Gasteiger charge is -2.06. The van der Waals surface area contributed by atoms with E-state index in [1.54, 1.807) is 6.20 Å². The summed E-state index contributed by atoms with van der Waals surface area (Å²) >= 11 is 1.54. The first-order valence-electron chi connectivity index (χ1n) is 4.72. The maximum absolute atomic E-state index is 11.8. The number of halogens is 3. The summed E-state index contributed by atoms with van der Waals surface area (Å²) in [6, 6.07) is 0. The summed E-state index contributed by atoms with van der Waals surface area (Å²) in [7, 11) is 0. The van der Waals surface area contributed by atoms with Gasteiger partial charge in [-0.05, 0) is 6.42 Å². The van der Waals surface area contributed by atoms with Gasteiger partial charge in [0, 0.05) is 24.2 Å². The van der Waals surface area contributed by atoms with Crippen LogP contribution in [0.15, 0.2) is 6.20 Å². The summed E-state index contributed by atoms with van der Waals surface area (Å²) in [5.41, 5.74) is 0. The van der Waals surface area contributed by atoms with Gasteiger partial charge in [-0.25, -0.2) is 4.98 Å². The highest BCUT2D eigenvalue weighted by molar-refractivity contribution is 7.11. The summed E-state index contributed by atoms with van der Waals surface area (Å²) in [6.07, 6.45) is -2.28. The minimum absolute atomic E-state index is 0.0388. The second-order valence-electron chi connectivity index (χ2n) is 3.12. The quantitative estimate of drug-likeness (QED) is 0.798. The van der Waals surface area contributed by atoms with Crippen LogP contribution in [-0.4, -0.2) is 17.7 Å². The minimum atomic E-state index is -4.07. The molecule has 0 amide bonds. The fourth-order valence-electron chi connectivity index (χ4n) is 1.03. The lowest BCUT2D eigenvalue weighted by Crippen LogP contribution is -2.20. The topological polar surface area (TPSA) is 24.9 Å². The number of aryl methyl sites for hydroxylation is 1. The lowest BCUT2D eigenvalue weighted by atomic mass is 10.4. The summed E-state index contributed by atoms with van der Waals surface area (Å²) in [4.78, 5) is 5.10. The Balaban J connectivity index is 2.20. The Bertz CT molecular complexity index is 296. The lowest BCUT2D eigenvalue weighted by molar-refractivity contribution is -0.133. The van der Waals surface area contributed by atoms with E-state index < -0.39 is 12.6 Å². The van der Waals surface area contributed by atoms with Gasteiger partial charge in [-0.15, -0.1) is 11.3 Å². The molecule has 0 unspecified atom stereocenters. The van der Waals surface area contributed by atoms with E-state index in [9.17, 15) is 13.2 Å². The third kappa shape index (κ3) is 5.13. The molecule has 0 aromatic carbocycles. The Kier molecular flexibility index (Phi) is 4.53. The normalized spacial score (nSPS) is 12.0. The van der Waals surface area contributed by atoms with Crippen LogP contribution in [0.5, 0.6) is 0 Å². The predicted octanol–water partition coefficient (Wildman–Crippen LogP) is 2.75. The van der Waals surface area contributed by atoms with Crippen molar-refractivity contribution in [3.05, 3.63) is 16.1 Å². The maximum Gasteiger partial charge on any atom is 0.390 e. The molecule has 15 heavy (non-hydrogen) atoms. The van der Waals surface area contributed by atoms with E-state index in [-0.39, 0.29) is 6.54 Å². The molecular formula is C9H13F3N2S. The van der Waals surface area contributed by atoms with Gasteiger partial charge in [0.05, 0.1) is 11.4 Å². The fraction of sp³-hybridized carbons (Fsp3) is 0.667. The molecule has 0 saturated carbocycles. The van der Waals surface area contributed by atoms with Crippen LogP contribution in [0.3, 0.4) is 0 Å². The van der Waals surface area contributed by atoms with Gasteiger partial charge in [-0.2, -0.15) is 13.2 Å². The van der Waals surface area contributed by atoms with Crippen LogP contribution < -0.4 is 5.32 Å². The van der Waals surface area contributed by atoms with Gasteiger partial charge in [0.25, 0.3) is 0 Å². The van der Waals surface area contributed by atoms with Gasteiger partial charge in [-0.1, -0.05) is 6.92 Å². The second-order valence-corrected chi connectivity index (χ2v) is 4.32. The first-order valence-corrected chi connectivity index (χ1v) is 5.54. The number of thiazole rings is 1. The Morgan fingerprint density at radius 2 is 2.20 bits per heavy atom. The van der Waals surface area contributed by atoms with Crippen LogP contribution in [-0.2, 0) is 13.0 Å². The molecule has 1 aromatic heterocycles. The second kappa shape index (κ2) is 5.46. The van der Waals surface area contributed by atoms with E-state index in [1.165, 1.54) is 11.3 Å². The molecule has 1 aromatic rings. The smallest absolute Gasteiger partial charge is 0.311 e. The monoisotopic (exact) mass is 238 g/mol. The van der Waals surface area contributed by atoms with E-state index >= 15 is 0 Å². The molecule has 1 heterocycles. The molecule has 0 aliphatic carbocycles.